The summed E-state index contributed by atoms with van der Waals surface area (Å²) in [6, 6.07) is 24.2. The molecule has 1 unspecified atom stereocenters. The molecule has 0 aliphatic carbocycles. The molecule has 3 rings (SSSR count). The van der Waals surface area contributed by atoms with Crippen LogP contribution in [0.4, 0.5) is 0 Å². The molecule has 206 valence electrons. The lowest BCUT2D eigenvalue weighted by molar-refractivity contribution is 0.140. The van der Waals surface area contributed by atoms with E-state index in [4.69, 9.17) is 18.6 Å². The number of para-hydroxylation sites is 3. The van der Waals surface area contributed by atoms with Crippen LogP contribution in [0.15, 0.2) is 72.8 Å². The summed E-state index contributed by atoms with van der Waals surface area (Å²) in [5.41, 5.74) is 0. The zero-order chi connectivity index (χ0) is 27.2. The highest BCUT2D eigenvalue weighted by Gasteiger charge is 2.48. The highest BCUT2D eigenvalue weighted by Crippen LogP contribution is 2.24. The van der Waals surface area contributed by atoms with E-state index in [9.17, 15) is 5.11 Å². The fraction of sp³-hybridized carbons (Fsp3) is 0.438. The number of hydrogen-bond donors (Lipinski definition) is 1. The molecule has 1 N–H and O–H groups in total. The summed E-state index contributed by atoms with van der Waals surface area (Å²) in [6.07, 6.45) is 8.01. The van der Waals surface area contributed by atoms with Crippen LogP contribution in [0.1, 0.15) is 58.3 Å². The molecule has 0 saturated carbocycles. The standard InChI is InChI=1S/C32H44O5Si/c1-5-6-7-8-9-17-26(33)18-16-25-37-38(30-22-13-10-19-27(30)34-2,31-23-14-11-20-28(31)35-3)32-24-15-12-21-29(32)36-4/h10-15,19-24,26,33H,5-9,16-18,25H2,1-4H3. The molecular formula is C32H44O5Si. The molecule has 0 bridgehead atoms. The minimum atomic E-state index is -3.19. The van der Waals surface area contributed by atoms with E-state index < -0.39 is 8.32 Å². The number of methoxy groups -OCH3 is 3. The third-order valence-corrected chi connectivity index (χ3v) is 11.3. The first-order chi connectivity index (χ1) is 18.6. The van der Waals surface area contributed by atoms with Gasteiger partial charge in [-0.2, -0.15) is 0 Å². The largest absolute Gasteiger partial charge is 0.497 e. The zero-order valence-corrected chi connectivity index (χ0v) is 24.4. The SMILES string of the molecule is CCCCCCCC(O)CCCO[Si](c1ccccc1OC)(c1ccccc1OC)c1ccccc1OC. The van der Waals surface area contributed by atoms with Crippen LogP contribution in [0, 0.1) is 0 Å². The monoisotopic (exact) mass is 536 g/mol. The van der Waals surface area contributed by atoms with Crippen LogP contribution in [-0.4, -0.2) is 47.5 Å². The minimum Gasteiger partial charge on any atom is -0.497 e. The van der Waals surface area contributed by atoms with Crippen molar-refractivity contribution in [1.29, 1.82) is 0 Å². The first-order valence-corrected chi connectivity index (χ1v) is 15.8. The number of benzene rings is 3. The molecule has 0 aliphatic heterocycles. The van der Waals surface area contributed by atoms with Gasteiger partial charge in [0.25, 0.3) is 8.32 Å². The Balaban J connectivity index is 1.99. The van der Waals surface area contributed by atoms with Crippen LogP contribution in [0.25, 0.3) is 0 Å². The third kappa shape index (κ3) is 7.19. The van der Waals surface area contributed by atoms with E-state index in [1.165, 1.54) is 25.7 Å². The lowest BCUT2D eigenvalue weighted by Gasteiger charge is -2.35. The molecule has 0 amide bonds. The quantitative estimate of drug-likeness (QED) is 0.146. The number of aliphatic hydroxyl groups is 1. The maximum absolute atomic E-state index is 10.6. The van der Waals surface area contributed by atoms with Crippen LogP contribution in [0.5, 0.6) is 17.2 Å². The Bertz CT molecular complexity index is 987. The van der Waals surface area contributed by atoms with Gasteiger partial charge in [0.2, 0.25) is 0 Å². The van der Waals surface area contributed by atoms with Crippen molar-refractivity contribution in [2.24, 2.45) is 0 Å². The maximum Gasteiger partial charge on any atom is 0.299 e. The summed E-state index contributed by atoms with van der Waals surface area (Å²) >= 11 is 0. The first kappa shape index (κ1) is 29.7. The van der Waals surface area contributed by atoms with Gasteiger partial charge in [-0.15, -0.1) is 0 Å². The molecule has 0 fully saturated rings. The third-order valence-electron chi connectivity index (χ3n) is 7.10. The highest BCUT2D eigenvalue weighted by atomic mass is 28.4. The van der Waals surface area contributed by atoms with Gasteiger partial charge in [-0.3, -0.25) is 0 Å². The van der Waals surface area contributed by atoms with Crippen LogP contribution >= 0.6 is 0 Å². The molecule has 38 heavy (non-hydrogen) atoms. The Morgan fingerprint density at radius 1 is 0.605 bits per heavy atom. The van der Waals surface area contributed by atoms with Gasteiger partial charge in [0.05, 0.1) is 27.4 Å². The Hall–Kier alpha value is -2.80. The van der Waals surface area contributed by atoms with Crippen LogP contribution in [0.3, 0.4) is 0 Å². The highest BCUT2D eigenvalue weighted by molar-refractivity contribution is 7.08. The second-order valence-electron chi connectivity index (χ2n) is 9.63. The predicted octanol–water partition coefficient (Wildman–Crippen LogP) is 5.20. The molecule has 3 aromatic rings. The molecule has 6 heteroatoms. The van der Waals surface area contributed by atoms with Crippen molar-refractivity contribution in [2.75, 3.05) is 27.9 Å². The van der Waals surface area contributed by atoms with Gasteiger partial charge in [-0.05, 0) is 37.5 Å². The van der Waals surface area contributed by atoms with Gasteiger partial charge in [-0.25, -0.2) is 0 Å². The van der Waals surface area contributed by atoms with Crippen molar-refractivity contribution < 1.29 is 23.7 Å². The number of ether oxygens (including phenoxy) is 3. The van der Waals surface area contributed by atoms with Crippen molar-refractivity contribution in [2.45, 2.75) is 64.4 Å². The zero-order valence-electron chi connectivity index (χ0n) is 23.4. The molecule has 3 aromatic carbocycles. The van der Waals surface area contributed by atoms with Gasteiger partial charge in [-0.1, -0.05) is 93.6 Å². The maximum atomic E-state index is 10.6. The van der Waals surface area contributed by atoms with Gasteiger partial charge in [0, 0.05) is 22.2 Å². The molecule has 0 saturated heterocycles. The molecular weight excluding hydrogens is 492 g/mol. The average molecular weight is 537 g/mol. The number of rotatable bonds is 17. The predicted molar refractivity (Wildman–Crippen MR) is 158 cm³/mol. The molecule has 0 aliphatic rings. The van der Waals surface area contributed by atoms with E-state index in [0.29, 0.717) is 13.0 Å². The Labute approximate surface area is 229 Å². The van der Waals surface area contributed by atoms with Crippen molar-refractivity contribution >= 4 is 23.9 Å². The van der Waals surface area contributed by atoms with E-state index in [1.54, 1.807) is 21.3 Å². The topological polar surface area (TPSA) is 57.2 Å². The smallest absolute Gasteiger partial charge is 0.299 e. The van der Waals surface area contributed by atoms with Gasteiger partial charge in [0.1, 0.15) is 17.2 Å². The summed E-state index contributed by atoms with van der Waals surface area (Å²) in [5.74, 6) is 2.30. The Morgan fingerprint density at radius 3 is 1.47 bits per heavy atom. The summed E-state index contributed by atoms with van der Waals surface area (Å²) in [5, 5.41) is 13.6. The second-order valence-corrected chi connectivity index (χ2v) is 12.9. The van der Waals surface area contributed by atoms with Gasteiger partial charge in [0.15, 0.2) is 0 Å². The van der Waals surface area contributed by atoms with E-state index in [2.05, 4.69) is 25.1 Å². The number of aliphatic hydroxyl groups excluding tert-OH is 1. The summed E-state index contributed by atoms with van der Waals surface area (Å²) < 4.78 is 24.8. The molecule has 0 radical (unpaired) electrons. The molecule has 0 aromatic heterocycles. The number of unbranched alkanes of at least 4 members (excludes halogenated alkanes) is 4. The van der Waals surface area contributed by atoms with E-state index in [-0.39, 0.29) is 6.10 Å². The fourth-order valence-electron chi connectivity index (χ4n) is 5.15. The second kappa shape index (κ2) is 15.6. The van der Waals surface area contributed by atoms with E-state index in [0.717, 1.165) is 52.1 Å². The number of hydrogen-bond acceptors (Lipinski definition) is 5. The van der Waals surface area contributed by atoms with Crippen LogP contribution in [-0.2, 0) is 4.43 Å². The van der Waals surface area contributed by atoms with E-state index in [1.807, 2.05) is 54.6 Å². The molecule has 0 spiro atoms. The van der Waals surface area contributed by atoms with Crippen molar-refractivity contribution in [3.05, 3.63) is 72.8 Å². The van der Waals surface area contributed by atoms with Gasteiger partial charge < -0.3 is 23.7 Å². The van der Waals surface area contributed by atoms with Crippen LogP contribution in [0.2, 0.25) is 0 Å². The van der Waals surface area contributed by atoms with Crippen molar-refractivity contribution in [3.63, 3.8) is 0 Å². The van der Waals surface area contributed by atoms with Crippen molar-refractivity contribution in [3.8, 4) is 17.2 Å². The molecule has 0 heterocycles. The molecule has 5 nitrogen and oxygen atoms in total. The van der Waals surface area contributed by atoms with Gasteiger partial charge >= 0.3 is 0 Å². The van der Waals surface area contributed by atoms with E-state index >= 15 is 0 Å². The molecule has 1 atom stereocenters. The summed E-state index contributed by atoms with van der Waals surface area (Å²) in [6.45, 7) is 2.71. The van der Waals surface area contributed by atoms with Crippen molar-refractivity contribution in [1.82, 2.24) is 0 Å². The Morgan fingerprint density at radius 2 is 1.03 bits per heavy atom. The summed E-state index contributed by atoms with van der Waals surface area (Å²) in [4.78, 5) is 0. The lowest BCUT2D eigenvalue weighted by Crippen LogP contribution is -2.70. The fourth-order valence-corrected chi connectivity index (χ4v) is 9.52. The summed E-state index contributed by atoms with van der Waals surface area (Å²) in [7, 11) is 1.89. The normalized spacial score (nSPS) is 12.2. The average Bonchev–Trinajstić information content (AvgIpc) is 2.97. The Kier molecular flexibility index (Phi) is 12.2. The minimum absolute atomic E-state index is 0.305. The first-order valence-electron chi connectivity index (χ1n) is 13.8. The van der Waals surface area contributed by atoms with Crippen LogP contribution < -0.4 is 29.8 Å². The lowest BCUT2D eigenvalue weighted by atomic mass is 10.1.